The van der Waals surface area contributed by atoms with Crippen LogP contribution in [0.3, 0.4) is 0 Å². The van der Waals surface area contributed by atoms with Gasteiger partial charge < -0.3 is 93.7 Å². The Morgan fingerprint density at radius 1 is 0.735 bits per heavy atom. The van der Waals surface area contributed by atoms with Gasteiger partial charge in [-0.25, -0.2) is 9.36 Å². The average molecular weight is 1690 g/mol. The highest BCUT2D eigenvalue weighted by Gasteiger charge is 2.76. The van der Waals surface area contributed by atoms with Gasteiger partial charge in [-0.3, -0.25) is 48.2 Å². The van der Waals surface area contributed by atoms with Crippen LogP contribution in [0.4, 0.5) is 21.9 Å². The first-order valence-electron chi connectivity index (χ1n) is 37.7. The van der Waals surface area contributed by atoms with Crippen molar-refractivity contribution < 1.29 is 95.1 Å². The number of nitrogens with zero attached hydrogens (tertiary/aromatic N) is 5. The summed E-state index contributed by atoms with van der Waals surface area (Å²) in [7, 11) is -1.40. The van der Waals surface area contributed by atoms with Crippen LogP contribution in [0.25, 0.3) is 21.8 Å². The first-order valence-corrected chi connectivity index (χ1v) is 42.4. The number of hydrogen-bond donors (Lipinski definition) is 8. The quantitative estimate of drug-likeness (QED) is 0.00600. The van der Waals surface area contributed by atoms with Crippen LogP contribution in [0.5, 0.6) is 11.5 Å². The number of nitrogens with one attached hydrogen (secondary N) is 5. The molecule has 8 amide bonds. The van der Waals surface area contributed by atoms with E-state index in [2.05, 4.69) is 25.9 Å². The van der Waals surface area contributed by atoms with Crippen molar-refractivity contribution in [3.05, 3.63) is 76.6 Å². The van der Waals surface area contributed by atoms with E-state index in [9.17, 15) is 47.9 Å². The summed E-state index contributed by atoms with van der Waals surface area (Å²) in [5, 5.41) is 9.90. The summed E-state index contributed by atoms with van der Waals surface area (Å²) in [5.41, 5.74) is 10.6. The number of urea groups is 1. The maximum absolute atomic E-state index is 15.0. The van der Waals surface area contributed by atoms with Crippen molar-refractivity contribution in [1.82, 2.24) is 35.3 Å². The van der Waals surface area contributed by atoms with Crippen LogP contribution in [0.2, 0.25) is 0 Å². The Kier molecular flexibility index (Phi) is 31.2. The predicted octanol–water partition coefficient (Wildman–Crippen LogP) is 8.06. The number of phosphoric ester groups is 1. The van der Waals surface area contributed by atoms with Crippen LogP contribution in [-0.4, -0.2) is 254 Å². The van der Waals surface area contributed by atoms with Gasteiger partial charge in [-0.2, -0.15) is 11.8 Å². The van der Waals surface area contributed by atoms with Gasteiger partial charge >= 0.3 is 13.9 Å². The Morgan fingerprint density at radius 3 is 1.72 bits per heavy atom. The first-order chi connectivity index (χ1) is 54.0. The van der Waals surface area contributed by atoms with Crippen molar-refractivity contribution in [1.29, 1.82) is 0 Å². The molecule has 0 spiro atoms. The maximum Gasteiger partial charge on any atom is 0.524 e. The molecule has 2 aromatic heterocycles. The number of primary amides is 1. The summed E-state index contributed by atoms with van der Waals surface area (Å²) in [6.07, 6.45) is 6.99. The van der Waals surface area contributed by atoms with E-state index in [1.54, 1.807) is 78.0 Å². The van der Waals surface area contributed by atoms with Gasteiger partial charge in [-0.15, -0.1) is 23.2 Å². The number of phosphoric acid groups is 1. The second kappa shape index (κ2) is 40.0. The number of fused-ring (bicyclic) bond motifs is 6. The summed E-state index contributed by atoms with van der Waals surface area (Å²) >= 11 is 26.2. The van der Waals surface area contributed by atoms with E-state index in [0.717, 1.165) is 33.2 Å². The maximum atomic E-state index is 15.0. The molecule has 3 saturated carbocycles. The summed E-state index contributed by atoms with van der Waals surface area (Å²) in [6, 6.07) is 8.68. The lowest BCUT2D eigenvalue weighted by Crippen LogP contribution is -2.73. The normalized spacial score (nSPS) is 19.4. The van der Waals surface area contributed by atoms with E-state index in [1.807, 2.05) is 32.4 Å². The van der Waals surface area contributed by atoms with Crippen LogP contribution < -0.4 is 40.7 Å². The molecule has 1 saturated heterocycles. The van der Waals surface area contributed by atoms with Crippen LogP contribution in [0, 0.1) is 36.5 Å². The standard InChI is InChI=1S/C76H102Cl2N11O20PS3/c1-45(2)65(84-59(91)14-19-101-21-23-103-25-27-105-29-30-106-28-26-104-24-22-102-20-18-87-60(92)34-58(113-7)69(87)94)55(90)31-49(9-8-15-80-72(79)97)68(93)83-52-12-10-48(11-13-52)41-107-73(111)85(5)16-17-86(6)74(112)108-56-32-53-63(61-46(3)37-81-66(56)61)50(35-77)39-88(53)70(95)75-42-76(43-75,44-75)71(96)89-40-51(36-78)64-54(89)33-57(109-110(98,99)100)67-62(64)47(4)38-82-67/h10-13,32-33,37-38,45,49-51,58,65,81-82H,8-9,14-31,34-36,39-44H2,1-7H3,(H,83,93)(H,84,91)(H3,79,80,97)(H2,98,99,100)/t49-,50-,51-,58?,65+,75?,76?/m1/s1. The number of Topliss-reactive ketones (excluding diaryl/α,β-unsaturated/α-hetero) is 1. The highest BCUT2D eigenvalue weighted by Crippen LogP contribution is 2.75. The molecule has 3 aliphatic carbocycles. The molecule has 3 aromatic carbocycles. The molecule has 618 valence electrons. The van der Waals surface area contributed by atoms with Crippen LogP contribution >= 0.6 is 67.2 Å². The van der Waals surface area contributed by atoms with Crippen molar-refractivity contribution >= 4 is 164 Å². The molecule has 37 heteroatoms. The number of ketones is 1. The Balaban J connectivity index is 0.623. The highest BCUT2D eigenvalue weighted by molar-refractivity contribution is 8.00. The van der Waals surface area contributed by atoms with Gasteiger partial charge in [0.15, 0.2) is 17.3 Å². The van der Waals surface area contributed by atoms with Crippen molar-refractivity contribution in [3.8, 4) is 11.5 Å². The number of amides is 8. The van der Waals surface area contributed by atoms with Gasteiger partial charge in [-0.1, -0.05) is 26.0 Å². The van der Waals surface area contributed by atoms with Gasteiger partial charge in [0.05, 0.1) is 130 Å². The number of halogens is 2. The summed E-state index contributed by atoms with van der Waals surface area (Å²) < 4.78 is 63.1. The van der Waals surface area contributed by atoms with Crippen LogP contribution in [-0.2, 0) is 77.9 Å². The number of rotatable bonds is 45. The molecule has 5 atom stereocenters. The number of thioether (sulfide) groups is 1. The Morgan fingerprint density at radius 2 is 1.23 bits per heavy atom. The SMILES string of the molecule is CSC1CC(=O)N(CCOCCOCCOCCOCCOCCOCCC(=O)N[C@H](C(=O)C[C@@H](CCCNC(N)=O)C(=O)Nc2ccc(COC(=S)N(C)CCN(C)C(=S)Oc3cc4c(c5c(C)c[nH]c35)[C@H](CCl)CN4C(=O)C34CC(C(=O)N5C[C@@H](CCl)c6c5cc(OP(=O)(O)O)c5[nH]cc(C)c65)(C3)C4)cc2)C(C)C)C1=O. The number of thiocarbonyl (C=S) groups is 2. The van der Waals surface area contributed by atoms with Gasteiger partial charge in [0, 0.05) is 137 Å². The number of alkyl halides is 2. The molecule has 3 aliphatic heterocycles. The average Bonchev–Trinajstić information content (AvgIpc) is 1.57. The lowest BCUT2D eigenvalue weighted by molar-refractivity contribution is -0.205. The number of likely N-dealkylation sites (tertiary alicyclic amines) is 1. The van der Waals surface area contributed by atoms with Crippen LogP contribution in [0.1, 0.15) is 105 Å². The van der Waals surface area contributed by atoms with Crippen LogP contribution in [0.15, 0.2) is 48.8 Å². The number of anilines is 3. The predicted molar refractivity (Wildman–Crippen MR) is 435 cm³/mol. The van der Waals surface area contributed by atoms with Gasteiger partial charge in [0.25, 0.3) is 10.3 Å². The lowest BCUT2D eigenvalue weighted by Gasteiger charge is -2.69. The van der Waals surface area contributed by atoms with Crippen molar-refractivity contribution in [2.24, 2.45) is 28.4 Å². The van der Waals surface area contributed by atoms with Crippen molar-refractivity contribution in [2.45, 2.75) is 109 Å². The van der Waals surface area contributed by atoms with Crippen molar-refractivity contribution in [3.63, 3.8) is 0 Å². The molecular formula is C76H102Cl2N11O20PS3. The molecule has 31 nitrogen and oxygen atoms in total. The number of benzene rings is 3. The summed E-state index contributed by atoms with van der Waals surface area (Å²) in [6.45, 7) is 13.0. The topological polar surface area (TPSA) is 387 Å². The van der Waals surface area contributed by atoms with E-state index < -0.39 is 48.5 Å². The summed E-state index contributed by atoms with van der Waals surface area (Å²) in [5.74, 6) is -2.59. The largest absolute Gasteiger partial charge is 0.524 e. The molecule has 11 rings (SSSR count). The number of aromatic nitrogens is 2. The molecule has 9 N–H and O–H groups in total. The molecule has 1 unspecified atom stereocenters. The van der Waals surface area contributed by atoms with Gasteiger partial charge in [-0.05, 0) is 123 Å². The van der Waals surface area contributed by atoms with Crippen molar-refractivity contribution in [2.75, 3.05) is 166 Å². The van der Waals surface area contributed by atoms with E-state index in [4.69, 9.17) is 95.8 Å². The number of H-pyrrole nitrogens is 2. The molecule has 5 aromatic rings. The van der Waals surface area contributed by atoms with E-state index in [0.29, 0.717) is 137 Å². The highest BCUT2D eigenvalue weighted by atomic mass is 35.5. The fourth-order valence-electron chi connectivity index (χ4n) is 15.3. The molecule has 4 fully saturated rings. The Labute approximate surface area is 681 Å². The number of aryl methyl sites for hydroxylation is 2. The number of hydrogen-bond acceptors (Lipinski definition) is 21. The number of aromatic amines is 2. The summed E-state index contributed by atoms with van der Waals surface area (Å²) in [4.78, 5) is 141. The third-order valence-corrected chi connectivity index (χ3v) is 24.1. The minimum Gasteiger partial charge on any atom is -0.466 e. The van der Waals surface area contributed by atoms with Gasteiger partial charge in [0.2, 0.25) is 35.4 Å². The molecule has 0 radical (unpaired) electrons. The fourth-order valence-corrected chi connectivity index (χ4v) is 17.2. The Hall–Kier alpha value is -7.28. The monoisotopic (exact) mass is 1690 g/mol. The second-order valence-corrected chi connectivity index (χ2v) is 33.1. The van der Waals surface area contributed by atoms with Gasteiger partial charge in [0.1, 0.15) is 6.61 Å². The third kappa shape index (κ3) is 21.7. The zero-order chi connectivity index (χ0) is 81.5. The molecular weight excluding hydrogens is 1580 g/mol. The van der Waals surface area contributed by atoms with E-state index in [-0.39, 0.29) is 159 Å². The molecule has 113 heavy (non-hydrogen) atoms. The molecule has 6 aliphatic rings. The number of likely N-dealkylation sites (N-methyl/N-ethyl adjacent to an activating group) is 2. The number of nitrogens with two attached hydrogens (primary N) is 1. The molecule has 5 heterocycles. The fraction of sp³-hybridized carbons (Fsp3) is 0.579. The molecule has 2 bridgehead atoms. The smallest absolute Gasteiger partial charge is 0.466 e. The number of ether oxygens (including phenoxy) is 8. The lowest BCUT2D eigenvalue weighted by atomic mass is 9.34. The number of carbonyl (C=O) groups is 8. The minimum atomic E-state index is -4.98. The Bertz CT molecular complexity index is 4320. The number of imide groups is 1. The zero-order valence-electron chi connectivity index (χ0n) is 64.6. The number of carbonyl (C=O) groups excluding carboxylic acids is 8. The second-order valence-electron chi connectivity index (χ2n) is 29.5. The third-order valence-electron chi connectivity index (χ3n) is 21.1. The van der Waals surface area contributed by atoms with E-state index in [1.165, 1.54) is 22.7 Å². The zero-order valence-corrected chi connectivity index (χ0v) is 69.4. The minimum absolute atomic E-state index is 0.0124. The first kappa shape index (κ1) is 88.1. The van der Waals surface area contributed by atoms with E-state index >= 15 is 4.79 Å².